The summed E-state index contributed by atoms with van der Waals surface area (Å²) in [7, 11) is -6.85. The van der Waals surface area contributed by atoms with Gasteiger partial charge in [-0.3, -0.25) is 0 Å². The van der Waals surface area contributed by atoms with Crippen LogP contribution in [-0.2, 0) is 19.9 Å². The van der Waals surface area contributed by atoms with E-state index in [9.17, 15) is 16.8 Å². The van der Waals surface area contributed by atoms with Crippen LogP contribution >= 0.6 is 0 Å². The molecule has 1 heterocycles. The monoisotopic (exact) mass is 317 g/mol. The van der Waals surface area contributed by atoms with Crippen LogP contribution in [0.25, 0.3) is 0 Å². The van der Waals surface area contributed by atoms with Gasteiger partial charge in [-0.25, -0.2) is 21.1 Å². The van der Waals surface area contributed by atoms with Crippen LogP contribution in [0.4, 0.5) is 0 Å². The molecule has 1 aromatic carbocycles. The quantitative estimate of drug-likeness (QED) is 0.838. The van der Waals surface area contributed by atoms with E-state index in [1.165, 1.54) is 4.31 Å². The molecule has 1 aliphatic heterocycles. The maximum atomic E-state index is 12.5. The van der Waals surface area contributed by atoms with Crippen molar-refractivity contribution in [3.63, 3.8) is 0 Å². The molecule has 0 amide bonds. The number of rotatable bonds is 4. The van der Waals surface area contributed by atoms with Gasteiger partial charge in [0.15, 0.2) is 9.84 Å². The predicted octanol–water partition coefficient (Wildman–Crippen LogP) is 1.27. The van der Waals surface area contributed by atoms with Gasteiger partial charge in [0.25, 0.3) is 0 Å². The fourth-order valence-electron chi connectivity index (χ4n) is 2.28. The summed E-state index contributed by atoms with van der Waals surface area (Å²) in [4.78, 5) is 0.258. The van der Waals surface area contributed by atoms with Crippen molar-refractivity contribution < 1.29 is 16.8 Å². The van der Waals surface area contributed by atoms with Gasteiger partial charge in [0.05, 0.1) is 15.4 Å². The smallest absolute Gasteiger partial charge is 0.216 e. The fraction of sp³-hybridized carbons (Fsp3) is 0.538. The first kappa shape index (κ1) is 15.5. The van der Waals surface area contributed by atoms with Crippen LogP contribution < -0.4 is 0 Å². The molecule has 1 aromatic rings. The molecule has 0 radical (unpaired) electrons. The molecule has 0 spiro atoms. The zero-order valence-corrected chi connectivity index (χ0v) is 13.2. The summed E-state index contributed by atoms with van der Waals surface area (Å²) in [6, 6.07) is 8.20. The molecule has 1 aliphatic rings. The lowest BCUT2D eigenvalue weighted by Crippen LogP contribution is -2.36. The molecule has 0 saturated carbocycles. The molecule has 0 bridgehead atoms. The minimum Gasteiger partial charge on any atom is -0.223 e. The van der Waals surface area contributed by atoms with Gasteiger partial charge in [0.2, 0.25) is 10.0 Å². The van der Waals surface area contributed by atoms with Crippen LogP contribution in [0.15, 0.2) is 35.2 Å². The SMILES string of the molecule is CC(C)S(=O)(=O)N1CCC(S(=O)(=O)c2ccccc2)C1. The minimum absolute atomic E-state index is 0.0533. The first-order chi connectivity index (χ1) is 9.26. The van der Waals surface area contributed by atoms with Crippen LogP contribution in [0.5, 0.6) is 0 Å². The highest BCUT2D eigenvalue weighted by molar-refractivity contribution is 7.92. The fourth-order valence-corrected chi connectivity index (χ4v) is 5.43. The van der Waals surface area contributed by atoms with E-state index in [1.807, 2.05) is 0 Å². The van der Waals surface area contributed by atoms with E-state index in [0.29, 0.717) is 6.42 Å². The molecule has 20 heavy (non-hydrogen) atoms. The Morgan fingerprint density at radius 1 is 1.10 bits per heavy atom. The van der Waals surface area contributed by atoms with E-state index in [-0.39, 0.29) is 18.0 Å². The van der Waals surface area contributed by atoms with Crippen molar-refractivity contribution in [3.8, 4) is 0 Å². The molecule has 5 nitrogen and oxygen atoms in total. The lowest BCUT2D eigenvalue weighted by atomic mass is 10.4. The van der Waals surface area contributed by atoms with Crippen molar-refractivity contribution in [1.29, 1.82) is 0 Å². The van der Waals surface area contributed by atoms with Crippen LogP contribution in [0.3, 0.4) is 0 Å². The van der Waals surface area contributed by atoms with Crippen LogP contribution in [0.1, 0.15) is 20.3 Å². The molecule has 0 aliphatic carbocycles. The summed E-state index contributed by atoms with van der Waals surface area (Å²) in [5.74, 6) is 0. The standard InChI is InChI=1S/C13H19NO4S2/c1-11(2)20(17,18)14-9-8-13(10-14)19(15,16)12-6-4-3-5-7-12/h3-7,11,13H,8-10H2,1-2H3. The lowest BCUT2D eigenvalue weighted by molar-refractivity contribution is 0.469. The Morgan fingerprint density at radius 2 is 1.70 bits per heavy atom. The van der Waals surface area contributed by atoms with Gasteiger partial charge in [-0.1, -0.05) is 18.2 Å². The van der Waals surface area contributed by atoms with Crippen molar-refractivity contribution in [2.75, 3.05) is 13.1 Å². The van der Waals surface area contributed by atoms with Crippen LogP contribution in [0.2, 0.25) is 0 Å². The molecule has 1 atom stereocenters. The summed E-state index contributed by atoms with van der Waals surface area (Å²) in [6.07, 6.45) is 0.350. The molecule has 1 unspecified atom stereocenters. The normalized spacial score (nSPS) is 21.4. The first-order valence-electron chi connectivity index (χ1n) is 6.54. The van der Waals surface area contributed by atoms with Gasteiger partial charge in [-0.2, -0.15) is 0 Å². The Balaban J connectivity index is 2.23. The average Bonchev–Trinajstić information content (AvgIpc) is 2.90. The van der Waals surface area contributed by atoms with Crippen molar-refractivity contribution in [1.82, 2.24) is 4.31 Å². The molecule has 0 N–H and O–H groups in total. The van der Waals surface area contributed by atoms with Crippen molar-refractivity contribution in [3.05, 3.63) is 30.3 Å². The highest BCUT2D eigenvalue weighted by Gasteiger charge is 2.39. The highest BCUT2D eigenvalue weighted by atomic mass is 32.2. The van der Waals surface area contributed by atoms with Gasteiger partial charge in [0.1, 0.15) is 0 Å². The summed E-state index contributed by atoms with van der Waals surface area (Å²) in [5, 5.41) is -1.18. The van der Waals surface area contributed by atoms with Crippen molar-refractivity contribution in [2.45, 2.75) is 35.7 Å². The Bertz CT molecular complexity index is 666. The van der Waals surface area contributed by atoms with Gasteiger partial charge in [-0.05, 0) is 32.4 Å². The van der Waals surface area contributed by atoms with Crippen LogP contribution in [-0.4, -0.2) is 44.7 Å². The van der Waals surface area contributed by atoms with Crippen molar-refractivity contribution >= 4 is 19.9 Å². The van der Waals surface area contributed by atoms with E-state index in [0.717, 1.165) is 0 Å². The molecule has 1 fully saturated rings. The Labute approximate surface area is 120 Å². The van der Waals surface area contributed by atoms with Gasteiger partial charge < -0.3 is 0 Å². The Hall–Kier alpha value is -0.920. The molecule has 7 heteroatoms. The van der Waals surface area contributed by atoms with Crippen LogP contribution in [0, 0.1) is 0 Å². The second-order valence-corrected chi connectivity index (χ2v) is 9.94. The van der Waals surface area contributed by atoms with E-state index >= 15 is 0 Å². The molecule has 2 rings (SSSR count). The largest absolute Gasteiger partial charge is 0.223 e. The number of sulfone groups is 1. The maximum Gasteiger partial charge on any atom is 0.216 e. The van der Waals surface area contributed by atoms with E-state index in [1.54, 1.807) is 44.2 Å². The third-order valence-electron chi connectivity index (χ3n) is 3.57. The Morgan fingerprint density at radius 3 is 2.25 bits per heavy atom. The summed E-state index contributed by atoms with van der Waals surface area (Å²) in [5.41, 5.74) is 0. The third-order valence-corrected chi connectivity index (χ3v) is 8.01. The van der Waals surface area contributed by atoms with E-state index in [4.69, 9.17) is 0 Å². The predicted molar refractivity (Wildman–Crippen MR) is 77.7 cm³/mol. The van der Waals surface area contributed by atoms with E-state index < -0.39 is 30.4 Å². The molecule has 0 aromatic heterocycles. The number of benzene rings is 1. The van der Waals surface area contributed by atoms with Gasteiger partial charge in [0, 0.05) is 13.1 Å². The highest BCUT2D eigenvalue weighted by Crippen LogP contribution is 2.26. The zero-order chi connectivity index (χ0) is 15.0. The second-order valence-electron chi connectivity index (χ2n) is 5.22. The summed E-state index contributed by atoms with van der Waals surface area (Å²) >= 11 is 0. The van der Waals surface area contributed by atoms with Gasteiger partial charge >= 0.3 is 0 Å². The molecular weight excluding hydrogens is 298 g/mol. The molecule has 1 saturated heterocycles. The van der Waals surface area contributed by atoms with E-state index in [2.05, 4.69) is 0 Å². The average molecular weight is 317 g/mol. The lowest BCUT2D eigenvalue weighted by Gasteiger charge is -2.19. The van der Waals surface area contributed by atoms with Gasteiger partial charge in [-0.15, -0.1) is 0 Å². The number of hydrogen-bond donors (Lipinski definition) is 0. The Kier molecular flexibility index (Phi) is 4.22. The zero-order valence-electron chi connectivity index (χ0n) is 11.6. The third kappa shape index (κ3) is 2.75. The minimum atomic E-state index is -3.46. The topological polar surface area (TPSA) is 71.5 Å². The summed E-state index contributed by atoms with van der Waals surface area (Å²) < 4.78 is 50.4. The number of nitrogens with zero attached hydrogens (tertiary/aromatic N) is 1. The number of sulfonamides is 1. The molecular formula is C13H19NO4S2. The molecule has 112 valence electrons. The van der Waals surface area contributed by atoms with Crippen molar-refractivity contribution in [2.24, 2.45) is 0 Å². The maximum absolute atomic E-state index is 12.5. The second kappa shape index (κ2) is 5.46. The summed E-state index contributed by atoms with van der Waals surface area (Å²) in [6.45, 7) is 3.54. The number of hydrogen-bond acceptors (Lipinski definition) is 4. The first-order valence-corrected chi connectivity index (χ1v) is 9.59.